The maximum atomic E-state index is 11.4. The highest BCUT2D eigenvalue weighted by molar-refractivity contribution is 6.19. The van der Waals surface area contributed by atoms with Crippen molar-refractivity contribution in [1.82, 2.24) is 14.5 Å². The summed E-state index contributed by atoms with van der Waals surface area (Å²) >= 11 is 0. The smallest absolute Gasteiger partial charge is 0.260 e. The summed E-state index contributed by atoms with van der Waals surface area (Å²) in [6.07, 6.45) is 9.64. The zero-order valence-electron chi connectivity index (χ0n) is 15.0. The van der Waals surface area contributed by atoms with E-state index in [1.54, 1.807) is 4.52 Å². The number of aliphatic hydroxyl groups is 1. The number of ether oxygens (including phenoxy) is 1. The Hall–Kier alpha value is -2.93. The fraction of sp³-hybridized carbons (Fsp3) is 0.350. The summed E-state index contributed by atoms with van der Waals surface area (Å²) in [4.78, 5) is 18.3. The van der Waals surface area contributed by atoms with E-state index in [1.807, 2.05) is 24.4 Å². The molecular formula is C20H22N4O3. The molecule has 0 unspecified atom stereocenters. The molecule has 0 spiro atoms. The van der Waals surface area contributed by atoms with Crippen LogP contribution in [0.3, 0.4) is 0 Å². The number of ketones is 1. The number of hydrogen-bond donors (Lipinski definition) is 1. The van der Waals surface area contributed by atoms with Crippen LogP contribution in [0.15, 0.2) is 53.4 Å². The maximum Gasteiger partial charge on any atom is 0.260 e. The van der Waals surface area contributed by atoms with Gasteiger partial charge >= 0.3 is 0 Å². The monoisotopic (exact) mass is 366 g/mol. The average molecular weight is 366 g/mol. The molecular weight excluding hydrogens is 344 g/mol. The van der Waals surface area contributed by atoms with Gasteiger partial charge in [-0.1, -0.05) is 12.5 Å². The van der Waals surface area contributed by atoms with Crippen molar-refractivity contribution in [2.45, 2.75) is 19.3 Å². The Morgan fingerprint density at radius 1 is 1.19 bits per heavy atom. The van der Waals surface area contributed by atoms with E-state index >= 15 is 0 Å². The number of likely N-dealkylation sites (tertiary alicyclic amines) is 1. The molecule has 1 aliphatic heterocycles. The van der Waals surface area contributed by atoms with Crippen LogP contribution in [0.1, 0.15) is 19.3 Å². The summed E-state index contributed by atoms with van der Waals surface area (Å²) in [5.41, 5.74) is 1.63. The van der Waals surface area contributed by atoms with Gasteiger partial charge < -0.3 is 9.84 Å². The molecule has 2 aromatic rings. The van der Waals surface area contributed by atoms with E-state index in [9.17, 15) is 9.90 Å². The second-order valence-corrected chi connectivity index (χ2v) is 6.70. The van der Waals surface area contributed by atoms with Crippen molar-refractivity contribution < 1.29 is 14.6 Å². The van der Waals surface area contributed by atoms with Crippen LogP contribution < -0.4 is 4.74 Å². The van der Waals surface area contributed by atoms with Gasteiger partial charge in [0.15, 0.2) is 11.5 Å². The fourth-order valence-corrected chi connectivity index (χ4v) is 3.34. The van der Waals surface area contributed by atoms with Crippen molar-refractivity contribution >= 4 is 22.7 Å². The fourth-order valence-electron chi connectivity index (χ4n) is 3.34. The number of pyridine rings is 1. The van der Waals surface area contributed by atoms with E-state index in [0.717, 1.165) is 31.2 Å². The SMILES string of the molecule is O=C1C=C/C(=N\c2c(OCCN3CCCCC3)nn3ccccc23)C(O)=C1. The van der Waals surface area contributed by atoms with Crippen LogP contribution in [0.4, 0.5) is 5.69 Å². The molecule has 0 aromatic carbocycles. The second-order valence-electron chi connectivity index (χ2n) is 6.70. The minimum absolute atomic E-state index is 0.156. The van der Waals surface area contributed by atoms with Crippen LogP contribution >= 0.6 is 0 Å². The number of nitrogens with zero attached hydrogens (tertiary/aromatic N) is 4. The van der Waals surface area contributed by atoms with Crippen molar-refractivity contribution in [2.75, 3.05) is 26.2 Å². The predicted molar refractivity (Wildman–Crippen MR) is 103 cm³/mol. The zero-order valence-corrected chi connectivity index (χ0v) is 15.0. The molecule has 2 aliphatic rings. The van der Waals surface area contributed by atoms with E-state index in [1.165, 1.54) is 31.4 Å². The molecule has 1 N–H and O–H groups in total. The third kappa shape index (κ3) is 3.93. The summed E-state index contributed by atoms with van der Waals surface area (Å²) in [5.74, 6) is 0.00479. The quantitative estimate of drug-likeness (QED) is 0.823. The summed E-state index contributed by atoms with van der Waals surface area (Å²) < 4.78 is 7.65. The Morgan fingerprint density at radius 3 is 2.85 bits per heavy atom. The Bertz CT molecular complexity index is 936. The molecule has 0 atom stereocenters. The number of aliphatic hydroxyl groups excluding tert-OH is 1. The molecule has 0 bridgehead atoms. The summed E-state index contributed by atoms with van der Waals surface area (Å²) in [6, 6.07) is 5.67. The van der Waals surface area contributed by atoms with Crippen molar-refractivity contribution in [1.29, 1.82) is 0 Å². The molecule has 7 nitrogen and oxygen atoms in total. The number of rotatable bonds is 5. The van der Waals surface area contributed by atoms with E-state index in [4.69, 9.17) is 4.74 Å². The molecule has 2 aromatic heterocycles. The van der Waals surface area contributed by atoms with Gasteiger partial charge in [-0.05, 0) is 50.2 Å². The first-order valence-electron chi connectivity index (χ1n) is 9.25. The number of carbonyl (C=O) groups excluding carboxylic acids is 1. The van der Waals surface area contributed by atoms with Gasteiger partial charge in [-0.3, -0.25) is 9.69 Å². The minimum Gasteiger partial charge on any atom is -0.506 e. The zero-order chi connectivity index (χ0) is 18.6. The molecule has 1 saturated heterocycles. The van der Waals surface area contributed by atoms with Gasteiger partial charge in [0.2, 0.25) is 0 Å². The Morgan fingerprint density at radius 2 is 2.04 bits per heavy atom. The Kier molecular flexibility index (Phi) is 5.02. The third-order valence-corrected chi connectivity index (χ3v) is 4.76. The summed E-state index contributed by atoms with van der Waals surface area (Å²) in [6.45, 7) is 3.60. The molecule has 0 radical (unpaired) electrons. The van der Waals surface area contributed by atoms with Crippen molar-refractivity contribution in [3.8, 4) is 5.88 Å². The molecule has 0 saturated carbocycles. The van der Waals surface area contributed by atoms with Crippen molar-refractivity contribution in [2.24, 2.45) is 4.99 Å². The topological polar surface area (TPSA) is 79.4 Å². The van der Waals surface area contributed by atoms with Gasteiger partial charge in [0, 0.05) is 18.8 Å². The number of piperidine rings is 1. The Balaban J connectivity index is 1.59. The standard InChI is InChI=1S/C20H22N4O3/c25-15-7-8-16(18(26)14-15)21-19-17-6-2-5-11-24(17)22-20(19)27-13-12-23-9-3-1-4-10-23/h2,5-8,11,14,26H,1,3-4,9-10,12-13H2/b21-16+. The normalized spacial score (nSPS) is 19.6. The van der Waals surface area contributed by atoms with E-state index in [2.05, 4.69) is 15.0 Å². The number of carbonyl (C=O) groups is 1. The maximum absolute atomic E-state index is 11.4. The number of aromatic nitrogens is 2. The van der Waals surface area contributed by atoms with Crippen LogP contribution in [-0.2, 0) is 4.79 Å². The number of aliphatic imine (C=N–C) groups is 1. The third-order valence-electron chi connectivity index (χ3n) is 4.76. The van der Waals surface area contributed by atoms with Crippen LogP contribution in [0.2, 0.25) is 0 Å². The van der Waals surface area contributed by atoms with Crippen LogP contribution in [-0.4, -0.2) is 57.4 Å². The van der Waals surface area contributed by atoms with Crippen molar-refractivity contribution in [3.63, 3.8) is 0 Å². The van der Waals surface area contributed by atoms with Gasteiger partial charge in [-0.15, -0.1) is 5.10 Å². The van der Waals surface area contributed by atoms with Crippen LogP contribution in [0.5, 0.6) is 5.88 Å². The van der Waals surface area contributed by atoms with E-state index in [0.29, 0.717) is 23.9 Å². The average Bonchev–Trinajstić information content (AvgIpc) is 3.02. The largest absolute Gasteiger partial charge is 0.506 e. The lowest BCUT2D eigenvalue weighted by Gasteiger charge is -2.25. The first-order valence-corrected chi connectivity index (χ1v) is 9.25. The molecule has 1 aliphatic carbocycles. The number of hydrogen-bond acceptors (Lipinski definition) is 6. The summed E-state index contributed by atoms with van der Waals surface area (Å²) in [7, 11) is 0. The second kappa shape index (κ2) is 7.75. The predicted octanol–water partition coefficient (Wildman–Crippen LogP) is 2.85. The Labute approximate surface area is 157 Å². The lowest BCUT2D eigenvalue weighted by Crippen LogP contribution is -2.33. The summed E-state index contributed by atoms with van der Waals surface area (Å²) in [5, 5.41) is 14.5. The first kappa shape index (κ1) is 17.5. The van der Waals surface area contributed by atoms with Gasteiger partial charge in [0.25, 0.3) is 5.88 Å². The van der Waals surface area contributed by atoms with Gasteiger partial charge in [-0.25, -0.2) is 9.51 Å². The van der Waals surface area contributed by atoms with Gasteiger partial charge in [0.1, 0.15) is 18.1 Å². The molecule has 7 heteroatoms. The molecule has 1 fully saturated rings. The highest BCUT2D eigenvalue weighted by atomic mass is 16.5. The number of fused-ring (bicyclic) bond motifs is 1. The lowest BCUT2D eigenvalue weighted by atomic mass is 10.1. The highest BCUT2D eigenvalue weighted by Crippen LogP contribution is 2.32. The van der Waals surface area contributed by atoms with E-state index in [-0.39, 0.29) is 11.5 Å². The van der Waals surface area contributed by atoms with Crippen LogP contribution in [0.25, 0.3) is 5.52 Å². The van der Waals surface area contributed by atoms with Gasteiger partial charge in [-0.2, -0.15) is 0 Å². The lowest BCUT2D eigenvalue weighted by molar-refractivity contribution is -0.110. The molecule has 140 valence electrons. The molecule has 27 heavy (non-hydrogen) atoms. The number of allylic oxidation sites excluding steroid dienone is 3. The van der Waals surface area contributed by atoms with E-state index < -0.39 is 0 Å². The molecule has 4 rings (SSSR count). The highest BCUT2D eigenvalue weighted by Gasteiger charge is 2.18. The first-order chi connectivity index (χ1) is 13.2. The van der Waals surface area contributed by atoms with Gasteiger partial charge in [0.05, 0.1) is 5.52 Å². The minimum atomic E-state index is -0.260. The van der Waals surface area contributed by atoms with Crippen LogP contribution in [0, 0.1) is 0 Å². The van der Waals surface area contributed by atoms with Crippen molar-refractivity contribution in [3.05, 3.63) is 48.4 Å². The molecule has 0 amide bonds. The molecule has 3 heterocycles.